The average Bonchev–Trinajstić information content (AvgIpc) is 2.91. The van der Waals surface area contributed by atoms with Crippen LogP contribution in [0.4, 0.5) is 13.2 Å². The number of carbonyl (C=O) groups is 5. The number of amides is 2. The minimum Gasteiger partial charge on any atom is -0.454 e. The van der Waals surface area contributed by atoms with Crippen LogP contribution in [0, 0.1) is 18.8 Å². The summed E-state index contributed by atoms with van der Waals surface area (Å²) < 4.78 is 44.9. The van der Waals surface area contributed by atoms with Gasteiger partial charge in [-0.25, -0.2) is 4.79 Å². The Labute approximate surface area is 246 Å². The highest BCUT2D eigenvalue weighted by atomic mass is 19.4. The second kappa shape index (κ2) is 18.3. The minimum atomic E-state index is -4.79. The van der Waals surface area contributed by atoms with E-state index in [1.54, 1.807) is 6.92 Å². The molecule has 11 heteroatoms. The van der Waals surface area contributed by atoms with Crippen molar-refractivity contribution in [2.24, 2.45) is 17.6 Å². The van der Waals surface area contributed by atoms with Crippen molar-refractivity contribution in [3.8, 4) is 0 Å². The molecule has 1 aromatic carbocycles. The summed E-state index contributed by atoms with van der Waals surface area (Å²) in [5.41, 5.74) is 3.43. The fraction of sp³-hybridized carbons (Fsp3) is 0.645. The third-order valence-electron chi connectivity index (χ3n) is 7.26. The molecule has 0 fully saturated rings. The van der Waals surface area contributed by atoms with Gasteiger partial charge in [0.2, 0.25) is 11.8 Å². The van der Waals surface area contributed by atoms with Crippen LogP contribution in [0.2, 0.25) is 0 Å². The van der Waals surface area contributed by atoms with Crippen LogP contribution in [0.1, 0.15) is 113 Å². The van der Waals surface area contributed by atoms with E-state index in [9.17, 15) is 37.1 Å². The molecule has 2 amide bonds. The highest BCUT2D eigenvalue weighted by Crippen LogP contribution is 2.33. The third-order valence-corrected chi connectivity index (χ3v) is 7.26. The first-order valence-corrected chi connectivity index (χ1v) is 14.7. The molecule has 42 heavy (non-hydrogen) atoms. The number of ether oxygens (including phenoxy) is 1. The second-order valence-corrected chi connectivity index (χ2v) is 11.0. The first-order chi connectivity index (χ1) is 19.7. The summed E-state index contributed by atoms with van der Waals surface area (Å²) in [7, 11) is 0. The lowest BCUT2D eigenvalue weighted by Crippen LogP contribution is -2.44. The molecule has 3 N–H and O–H groups in total. The van der Waals surface area contributed by atoms with Gasteiger partial charge in [0, 0.05) is 24.7 Å². The van der Waals surface area contributed by atoms with Gasteiger partial charge in [0.05, 0.1) is 17.2 Å². The number of hydrogen-bond acceptors (Lipinski definition) is 6. The number of Topliss-reactive ketones (excluding diaryl/α,β-unsaturated/α-hetero) is 2. The number of unbranched alkanes of at least 4 members (excludes halogenated alkanes) is 6. The maximum absolute atomic E-state index is 13.3. The lowest BCUT2D eigenvalue weighted by Gasteiger charge is -2.21. The number of nitrogens with one attached hydrogen (secondary N) is 1. The maximum atomic E-state index is 13.3. The maximum Gasteiger partial charge on any atom is 0.417 e. The molecule has 0 saturated heterocycles. The highest BCUT2D eigenvalue weighted by molar-refractivity contribution is 5.96. The SMILES string of the molecule is CCCCCCCCCC(C)C(=O)NC(CCC(N)=O)C(=O)C[C@@H](C)C(=O)COC(=O)c1c(C)cccc1C(F)(F)F. The molecule has 1 aromatic rings. The summed E-state index contributed by atoms with van der Waals surface area (Å²) in [5.74, 6) is -4.77. The normalized spacial score (nSPS) is 13.6. The van der Waals surface area contributed by atoms with Gasteiger partial charge in [0.25, 0.3) is 0 Å². The molecule has 0 aliphatic rings. The van der Waals surface area contributed by atoms with Crippen LogP contribution < -0.4 is 11.1 Å². The zero-order valence-electron chi connectivity index (χ0n) is 25.1. The Balaban J connectivity index is 2.72. The van der Waals surface area contributed by atoms with Gasteiger partial charge in [-0.2, -0.15) is 13.2 Å². The van der Waals surface area contributed by atoms with E-state index in [4.69, 9.17) is 10.5 Å². The number of hydrogen-bond donors (Lipinski definition) is 2. The summed E-state index contributed by atoms with van der Waals surface area (Å²) in [6.07, 6.45) is 3.07. The zero-order valence-corrected chi connectivity index (χ0v) is 25.1. The Bertz CT molecular complexity index is 1070. The molecule has 0 saturated carbocycles. The molecule has 0 radical (unpaired) electrons. The molecule has 1 rings (SSSR count). The van der Waals surface area contributed by atoms with Gasteiger partial charge >= 0.3 is 12.1 Å². The molecule has 0 aliphatic heterocycles. The van der Waals surface area contributed by atoms with E-state index >= 15 is 0 Å². The smallest absolute Gasteiger partial charge is 0.417 e. The fourth-order valence-corrected chi connectivity index (χ4v) is 4.54. The van der Waals surface area contributed by atoms with E-state index < -0.39 is 59.3 Å². The Hall–Kier alpha value is -3.24. The van der Waals surface area contributed by atoms with Crippen molar-refractivity contribution in [3.63, 3.8) is 0 Å². The Morgan fingerprint density at radius 1 is 0.905 bits per heavy atom. The number of rotatable bonds is 20. The number of alkyl halides is 3. The van der Waals surface area contributed by atoms with Crippen LogP contribution in [0.5, 0.6) is 0 Å². The molecule has 0 aromatic heterocycles. The number of halogens is 3. The van der Waals surface area contributed by atoms with Gasteiger partial charge in [0.1, 0.15) is 0 Å². The number of esters is 1. The first-order valence-electron chi connectivity index (χ1n) is 14.7. The highest BCUT2D eigenvalue weighted by Gasteiger charge is 2.36. The molecule has 236 valence electrons. The summed E-state index contributed by atoms with van der Waals surface area (Å²) in [4.78, 5) is 62.2. The molecule has 8 nitrogen and oxygen atoms in total. The van der Waals surface area contributed by atoms with Crippen molar-refractivity contribution in [1.29, 1.82) is 0 Å². The Kier molecular flexibility index (Phi) is 16.1. The monoisotopic (exact) mass is 598 g/mol. The molecule has 0 aliphatic carbocycles. The number of primary amides is 1. The lowest BCUT2D eigenvalue weighted by atomic mass is 9.93. The second-order valence-electron chi connectivity index (χ2n) is 11.0. The average molecular weight is 599 g/mol. The molecule has 0 heterocycles. The number of benzene rings is 1. The van der Waals surface area contributed by atoms with Crippen molar-refractivity contribution in [2.45, 2.75) is 111 Å². The van der Waals surface area contributed by atoms with Crippen LogP contribution >= 0.6 is 0 Å². The van der Waals surface area contributed by atoms with Gasteiger partial charge in [-0.05, 0) is 31.4 Å². The Morgan fingerprint density at radius 2 is 1.52 bits per heavy atom. The Morgan fingerprint density at radius 3 is 2.12 bits per heavy atom. The third kappa shape index (κ3) is 13.2. The van der Waals surface area contributed by atoms with Crippen LogP contribution in [0.25, 0.3) is 0 Å². The lowest BCUT2D eigenvalue weighted by molar-refractivity contribution is -0.138. The largest absolute Gasteiger partial charge is 0.454 e. The predicted octanol–water partition coefficient (Wildman–Crippen LogP) is 5.86. The van der Waals surface area contributed by atoms with Crippen LogP contribution in [-0.2, 0) is 30.1 Å². The quantitative estimate of drug-likeness (QED) is 0.143. The predicted molar refractivity (Wildman–Crippen MR) is 152 cm³/mol. The van der Waals surface area contributed by atoms with E-state index in [0.717, 1.165) is 37.8 Å². The molecule has 2 unspecified atom stereocenters. The summed E-state index contributed by atoms with van der Waals surface area (Å²) >= 11 is 0. The standard InChI is InChI=1S/C31H45F3N2O6/c1-5-6-7-8-9-10-11-13-21(3)29(40)36-24(16-17-27(35)39)25(37)18-22(4)26(38)19-42-30(41)28-20(2)14-12-15-23(28)31(32,33)34/h12,14-15,21-22,24H,5-11,13,16-19H2,1-4H3,(H2,35,39)(H,36,40)/t21?,22-,24?/m1/s1. The van der Waals surface area contributed by atoms with Gasteiger partial charge in [-0.3, -0.25) is 19.2 Å². The van der Waals surface area contributed by atoms with Gasteiger partial charge in [-0.1, -0.05) is 77.8 Å². The van der Waals surface area contributed by atoms with Crippen molar-refractivity contribution in [1.82, 2.24) is 5.32 Å². The van der Waals surface area contributed by atoms with Crippen LogP contribution in [0.15, 0.2) is 18.2 Å². The topological polar surface area (TPSA) is 133 Å². The molecule has 0 spiro atoms. The summed E-state index contributed by atoms with van der Waals surface area (Å²) in [6, 6.07) is 2.20. The van der Waals surface area contributed by atoms with Crippen molar-refractivity contribution >= 4 is 29.4 Å². The number of nitrogens with two attached hydrogens (primary N) is 1. The van der Waals surface area contributed by atoms with E-state index in [1.165, 1.54) is 39.2 Å². The van der Waals surface area contributed by atoms with Crippen molar-refractivity contribution < 1.29 is 41.9 Å². The summed E-state index contributed by atoms with van der Waals surface area (Å²) in [5, 5.41) is 2.68. The minimum absolute atomic E-state index is 0.0343. The van der Waals surface area contributed by atoms with E-state index in [0.29, 0.717) is 6.42 Å². The van der Waals surface area contributed by atoms with E-state index in [-0.39, 0.29) is 36.7 Å². The summed E-state index contributed by atoms with van der Waals surface area (Å²) in [6.45, 7) is 5.83. The molecule has 3 atom stereocenters. The molecular weight excluding hydrogens is 553 g/mol. The fourth-order valence-electron chi connectivity index (χ4n) is 4.54. The first kappa shape index (κ1) is 36.8. The molecule has 0 bridgehead atoms. The van der Waals surface area contributed by atoms with Gasteiger partial charge in [0.15, 0.2) is 18.2 Å². The van der Waals surface area contributed by atoms with Crippen molar-refractivity contribution in [2.75, 3.05) is 6.61 Å². The van der Waals surface area contributed by atoms with Crippen LogP contribution in [0.3, 0.4) is 0 Å². The van der Waals surface area contributed by atoms with E-state index in [1.807, 2.05) is 0 Å². The van der Waals surface area contributed by atoms with Crippen molar-refractivity contribution in [3.05, 3.63) is 34.9 Å². The van der Waals surface area contributed by atoms with Gasteiger partial charge < -0.3 is 15.8 Å². The van der Waals surface area contributed by atoms with Gasteiger partial charge in [-0.15, -0.1) is 0 Å². The van der Waals surface area contributed by atoms with E-state index in [2.05, 4.69) is 12.2 Å². The number of carbonyl (C=O) groups excluding carboxylic acids is 5. The molecular formula is C31H45F3N2O6. The number of aryl methyl sites for hydroxylation is 1. The number of ketones is 2. The zero-order chi connectivity index (χ0) is 31.9. The van der Waals surface area contributed by atoms with Crippen LogP contribution in [-0.4, -0.2) is 42.0 Å².